The lowest BCUT2D eigenvalue weighted by molar-refractivity contribution is -0.135. The smallest absolute Gasteiger partial charge is 0.246 e. The minimum atomic E-state index is -0.992. The number of ether oxygens (including phenoxy) is 1. The molecule has 1 amide bonds. The molecule has 1 unspecified atom stereocenters. The fourth-order valence-corrected chi connectivity index (χ4v) is 5.10. The Labute approximate surface area is 207 Å². The number of rotatable bonds is 9. The number of hydrazone groups is 1. The van der Waals surface area contributed by atoms with Crippen LogP contribution in [0, 0.1) is 23.1 Å². The summed E-state index contributed by atoms with van der Waals surface area (Å²) >= 11 is 1.21. The van der Waals surface area contributed by atoms with Crippen molar-refractivity contribution in [3.63, 3.8) is 0 Å². The molecule has 2 aromatic rings. The van der Waals surface area contributed by atoms with Crippen LogP contribution >= 0.6 is 11.8 Å². The number of nitrogens with zero attached hydrogens (tertiary/aromatic N) is 4. The molecule has 1 heterocycles. The van der Waals surface area contributed by atoms with Crippen LogP contribution in [0.5, 0.6) is 0 Å². The molecule has 1 atom stereocenters. The first-order chi connectivity index (χ1) is 16.9. The molecule has 0 aromatic heterocycles. The highest BCUT2D eigenvalue weighted by atomic mass is 32.2. The van der Waals surface area contributed by atoms with Gasteiger partial charge in [-0.25, -0.2) is 13.8 Å². The molecule has 35 heavy (non-hydrogen) atoms. The number of hydrogen-bond acceptors (Lipinski definition) is 6. The zero-order chi connectivity index (χ0) is 25.3. The molecule has 2 N–H and O–H groups in total. The van der Waals surface area contributed by atoms with Crippen LogP contribution in [0.2, 0.25) is 0 Å². The summed E-state index contributed by atoms with van der Waals surface area (Å²) in [5.74, 6) is -1.20. The summed E-state index contributed by atoms with van der Waals surface area (Å²) in [4.78, 5) is 16.2. The Balaban J connectivity index is 1.98. The van der Waals surface area contributed by atoms with Crippen LogP contribution in [-0.4, -0.2) is 49.2 Å². The van der Waals surface area contributed by atoms with E-state index in [1.165, 1.54) is 23.9 Å². The number of carbonyl (C=O) groups is 1. The average molecular weight is 501 g/mol. The molecular formula is C24H26F2N6O2S. The highest BCUT2D eigenvalue weighted by Gasteiger charge is 2.48. The summed E-state index contributed by atoms with van der Waals surface area (Å²) in [6.07, 6.45) is 2.87. The van der Waals surface area contributed by atoms with Crippen LogP contribution in [-0.2, 0) is 14.4 Å². The van der Waals surface area contributed by atoms with Crippen LogP contribution in [0.3, 0.4) is 0 Å². The molecule has 0 fully saturated rings. The molecule has 0 spiro atoms. The number of methoxy groups -OCH3 is 1. The second-order valence-electron chi connectivity index (χ2n) is 7.57. The van der Waals surface area contributed by atoms with Gasteiger partial charge in [0.1, 0.15) is 21.5 Å². The molecule has 11 heteroatoms. The van der Waals surface area contributed by atoms with Gasteiger partial charge in [0, 0.05) is 26.3 Å². The number of nitriles is 1. The summed E-state index contributed by atoms with van der Waals surface area (Å²) in [6.45, 7) is 0.641. The maximum atomic E-state index is 14.7. The lowest BCUT2D eigenvalue weighted by Gasteiger charge is -2.36. The van der Waals surface area contributed by atoms with Gasteiger partial charge in [0.05, 0.1) is 13.0 Å². The quantitative estimate of drug-likeness (QED) is 0.180. The SMILES string of the molecule is CN=C(NC#N)NCCCC1(c2ccccc2)SC(c2cc(F)ccc2F)=NN1C(=O)CCOC. The van der Waals surface area contributed by atoms with Crippen molar-refractivity contribution in [1.29, 1.82) is 5.26 Å². The number of thioether (sulfide) groups is 1. The summed E-state index contributed by atoms with van der Waals surface area (Å²) in [5.41, 5.74) is 0.792. The van der Waals surface area contributed by atoms with E-state index in [2.05, 4.69) is 20.7 Å². The molecule has 1 aliphatic rings. The second-order valence-corrected chi connectivity index (χ2v) is 8.84. The van der Waals surface area contributed by atoms with Crippen molar-refractivity contribution in [3.05, 3.63) is 71.3 Å². The number of guanidine groups is 1. The fraction of sp³-hybridized carbons (Fsp3) is 0.333. The van der Waals surface area contributed by atoms with Gasteiger partial charge in [-0.05, 0) is 36.6 Å². The fourth-order valence-electron chi connectivity index (χ4n) is 3.67. The van der Waals surface area contributed by atoms with E-state index < -0.39 is 16.5 Å². The molecule has 3 rings (SSSR count). The first-order valence-electron chi connectivity index (χ1n) is 10.9. The summed E-state index contributed by atoms with van der Waals surface area (Å²) < 4.78 is 33.7. The third kappa shape index (κ3) is 6.15. The van der Waals surface area contributed by atoms with Crippen molar-refractivity contribution in [1.82, 2.24) is 15.6 Å². The normalized spacial score (nSPS) is 17.6. The Hall–Kier alpha value is -3.49. The lowest BCUT2D eigenvalue weighted by atomic mass is 10.00. The van der Waals surface area contributed by atoms with Crippen molar-refractivity contribution >= 4 is 28.7 Å². The monoisotopic (exact) mass is 500 g/mol. The maximum absolute atomic E-state index is 14.7. The molecule has 1 aliphatic heterocycles. The molecule has 0 radical (unpaired) electrons. The van der Waals surface area contributed by atoms with Crippen molar-refractivity contribution in [2.45, 2.75) is 24.1 Å². The molecule has 0 saturated heterocycles. The van der Waals surface area contributed by atoms with E-state index in [9.17, 15) is 13.6 Å². The first kappa shape index (κ1) is 26.1. The molecular weight excluding hydrogens is 474 g/mol. The van der Waals surface area contributed by atoms with Gasteiger partial charge in [0.2, 0.25) is 11.9 Å². The maximum Gasteiger partial charge on any atom is 0.246 e. The molecule has 0 aliphatic carbocycles. The average Bonchev–Trinajstić information content (AvgIpc) is 3.27. The largest absolute Gasteiger partial charge is 0.384 e. The molecule has 2 aromatic carbocycles. The van der Waals surface area contributed by atoms with E-state index in [4.69, 9.17) is 10.00 Å². The van der Waals surface area contributed by atoms with Gasteiger partial charge in [-0.15, -0.1) is 0 Å². The van der Waals surface area contributed by atoms with Gasteiger partial charge in [0.25, 0.3) is 0 Å². The third-order valence-corrected chi connectivity index (χ3v) is 6.77. The first-order valence-corrected chi connectivity index (χ1v) is 11.7. The van der Waals surface area contributed by atoms with Crippen LogP contribution < -0.4 is 10.6 Å². The van der Waals surface area contributed by atoms with E-state index in [0.717, 1.165) is 23.8 Å². The number of nitrogens with one attached hydrogen (secondary N) is 2. The van der Waals surface area contributed by atoms with Crippen molar-refractivity contribution in [2.24, 2.45) is 10.1 Å². The Morgan fingerprint density at radius 3 is 2.74 bits per heavy atom. The highest BCUT2D eigenvalue weighted by molar-refractivity contribution is 8.15. The van der Waals surface area contributed by atoms with Crippen molar-refractivity contribution in [3.8, 4) is 6.19 Å². The number of amides is 1. The van der Waals surface area contributed by atoms with Crippen LogP contribution in [0.15, 0.2) is 58.6 Å². The van der Waals surface area contributed by atoms with Gasteiger partial charge in [-0.1, -0.05) is 42.1 Å². The topological polar surface area (TPSA) is 102 Å². The van der Waals surface area contributed by atoms with E-state index >= 15 is 0 Å². The Morgan fingerprint density at radius 2 is 2.06 bits per heavy atom. The molecule has 184 valence electrons. The number of halogens is 2. The Kier molecular flexibility index (Phi) is 9.17. The van der Waals surface area contributed by atoms with Crippen LogP contribution in [0.4, 0.5) is 8.78 Å². The van der Waals surface area contributed by atoms with Gasteiger partial charge < -0.3 is 10.1 Å². The predicted octanol–water partition coefficient (Wildman–Crippen LogP) is 3.52. The molecule has 8 nitrogen and oxygen atoms in total. The van der Waals surface area contributed by atoms with Crippen LogP contribution in [0.25, 0.3) is 0 Å². The number of aliphatic imine (C=N–C) groups is 1. The van der Waals surface area contributed by atoms with E-state index in [1.54, 1.807) is 7.05 Å². The third-order valence-electron chi connectivity index (χ3n) is 5.32. The Bertz CT molecular complexity index is 1140. The highest BCUT2D eigenvalue weighted by Crippen LogP contribution is 2.50. The van der Waals surface area contributed by atoms with Gasteiger partial charge in [0.15, 0.2) is 6.19 Å². The van der Waals surface area contributed by atoms with E-state index in [-0.39, 0.29) is 29.5 Å². The predicted molar refractivity (Wildman–Crippen MR) is 131 cm³/mol. The number of benzene rings is 2. The number of carbonyl (C=O) groups excluding carboxylic acids is 1. The van der Waals surface area contributed by atoms with Gasteiger partial charge in [-0.3, -0.25) is 15.1 Å². The van der Waals surface area contributed by atoms with Crippen LogP contribution in [0.1, 0.15) is 30.4 Å². The zero-order valence-corrected chi connectivity index (χ0v) is 20.2. The molecule has 0 saturated carbocycles. The van der Waals surface area contributed by atoms with E-state index in [0.29, 0.717) is 25.3 Å². The molecule has 0 bridgehead atoms. The van der Waals surface area contributed by atoms with Crippen molar-refractivity contribution in [2.75, 3.05) is 27.3 Å². The van der Waals surface area contributed by atoms with Crippen molar-refractivity contribution < 1.29 is 18.3 Å². The number of hydrogen-bond donors (Lipinski definition) is 2. The summed E-state index contributed by atoms with van der Waals surface area (Å²) in [5, 5.41) is 20.4. The lowest BCUT2D eigenvalue weighted by Crippen LogP contribution is -2.42. The zero-order valence-electron chi connectivity index (χ0n) is 19.4. The Morgan fingerprint density at radius 1 is 1.29 bits per heavy atom. The second kappa shape index (κ2) is 12.3. The minimum Gasteiger partial charge on any atom is -0.384 e. The standard InChI is InChI=1S/C24H26F2N6O2S/c1-28-23(30-16-27)29-13-6-12-24(17-7-4-3-5-8-17)32(21(33)11-14-34-2)31-22(35-24)19-15-18(25)9-10-20(19)26/h3-5,7-10,15H,6,11-14H2,1-2H3,(H2,28,29,30). The van der Waals surface area contributed by atoms with Gasteiger partial charge >= 0.3 is 0 Å². The summed E-state index contributed by atoms with van der Waals surface area (Å²) in [7, 11) is 3.05. The van der Waals surface area contributed by atoms with Gasteiger partial charge in [-0.2, -0.15) is 10.4 Å². The minimum absolute atomic E-state index is 0.00547. The van der Waals surface area contributed by atoms with E-state index in [1.807, 2.05) is 36.5 Å². The summed E-state index contributed by atoms with van der Waals surface area (Å²) in [6, 6.07) is 12.5.